The molecule has 4 saturated heterocycles. The highest BCUT2D eigenvalue weighted by atomic mass is 19.1. The molecule has 0 unspecified atom stereocenters. The Morgan fingerprint density at radius 1 is 0.378 bits per heavy atom. The number of benzene rings is 8. The number of rotatable bonds is 25. The Labute approximate surface area is 820 Å². The maximum absolute atomic E-state index is 14.5. The minimum atomic E-state index is -0.564. The first-order valence-corrected chi connectivity index (χ1v) is 46.0. The Hall–Kier alpha value is -17.4. The molecule has 8 aromatic heterocycles. The summed E-state index contributed by atoms with van der Waals surface area (Å²) in [5, 5.41) is 0. The number of hydrogen-bond acceptors (Lipinski definition) is 22. The van der Waals surface area contributed by atoms with Crippen LogP contribution in [0, 0.1) is 49.0 Å². The highest BCUT2D eigenvalue weighted by molar-refractivity contribution is 5.94. The monoisotopic (exact) mass is 1930 g/mol. The number of carbonyl (C=O) groups is 4. The number of amides is 4. The lowest BCUT2D eigenvalue weighted by molar-refractivity contribution is -0.127. The molecule has 4 aliphatic rings. The van der Waals surface area contributed by atoms with Crippen LogP contribution in [0.15, 0.2) is 257 Å². The molecule has 16 aromatic rings. The number of halogens is 4. The highest BCUT2D eigenvalue weighted by Crippen LogP contribution is 2.45. The van der Waals surface area contributed by atoms with Gasteiger partial charge < -0.3 is 67.0 Å². The van der Waals surface area contributed by atoms with Crippen LogP contribution in [0.25, 0.3) is 67.1 Å². The largest absolute Gasteiger partial charge is 0.494 e. The van der Waals surface area contributed by atoms with Crippen LogP contribution in [-0.2, 0) is 19.2 Å². The van der Waals surface area contributed by atoms with E-state index in [4.69, 9.17) is 67.3 Å². The van der Waals surface area contributed by atoms with E-state index in [0.29, 0.717) is 74.0 Å². The molecule has 30 nitrogen and oxygen atoms in total. The number of imidazole rings is 4. The lowest BCUT2D eigenvalue weighted by Gasteiger charge is -2.22. The van der Waals surface area contributed by atoms with Crippen LogP contribution in [-0.4, -0.2) is 183 Å². The Kier molecular flexibility index (Phi) is 29.5. The molecule has 0 saturated carbocycles. The van der Waals surface area contributed by atoms with Crippen molar-refractivity contribution in [2.75, 3.05) is 81.9 Å². The molecular formula is C109H100F4N16O14. The Morgan fingerprint density at radius 3 is 1.10 bits per heavy atom. The van der Waals surface area contributed by atoms with Gasteiger partial charge in [0, 0.05) is 91.4 Å². The van der Waals surface area contributed by atoms with E-state index in [1.54, 1.807) is 171 Å². The summed E-state index contributed by atoms with van der Waals surface area (Å²) < 4.78 is 120. The number of fused-ring (bicyclic) bond motifs is 4. The van der Waals surface area contributed by atoms with Crippen molar-refractivity contribution in [1.29, 1.82) is 0 Å². The third-order valence-electron chi connectivity index (χ3n) is 25.1. The van der Waals surface area contributed by atoms with Crippen molar-refractivity contribution in [3.8, 4) is 138 Å². The number of carbonyl (C=O) groups excluding carboxylic acids is 4. The smallest absolute Gasteiger partial charge is 0.298 e. The number of ether oxygens (including phenoxy) is 10. The fourth-order valence-corrected chi connectivity index (χ4v) is 18.1. The SMILES string of the molecule is C=CC(=O)N1CCC[C@H]1c1nc(-c2ccc(Oc3cccc(OC)c3F)cc2)c2cnc(C)cn12.C=CC(=O)N1CCC[C@H]1c1nc(-c2ccc(Oc3cccc(OC)c3F)cc2)c2cncc(C)n12.C=CC(=O)N1CC[C@@H](c2nc(-c3ccc(Oc4cccc(OC)c4F)cc3)c3cncc(OC)n23)C1.CC#CC(=O)N1CC[C@@H](c2nc(-c3ccc(Oc4cccc(OC)c4F)cc3)c3cncc(OC)n23)C1. The summed E-state index contributed by atoms with van der Waals surface area (Å²) in [6, 6.07) is 47.8. The summed E-state index contributed by atoms with van der Waals surface area (Å²) in [7, 11) is 8.82. The molecule has 4 atom stereocenters. The number of aryl methyl sites for hydroxylation is 2. The van der Waals surface area contributed by atoms with Gasteiger partial charge in [0.2, 0.25) is 52.8 Å². The number of nitrogens with zero attached hydrogens (tertiary/aromatic N) is 16. The van der Waals surface area contributed by atoms with Crippen molar-refractivity contribution in [1.82, 2.24) is 77.1 Å². The molecule has 34 heteroatoms. The molecule has 0 radical (unpaired) electrons. The molecule has 0 N–H and O–H groups in total. The molecule has 0 bridgehead atoms. The molecule has 728 valence electrons. The molecule has 4 aliphatic heterocycles. The summed E-state index contributed by atoms with van der Waals surface area (Å²) in [5.74, 6) is 9.65. The Bertz CT molecular complexity index is 7550. The van der Waals surface area contributed by atoms with Gasteiger partial charge in [-0.25, -0.2) is 19.9 Å². The lowest BCUT2D eigenvalue weighted by atomic mass is 10.1. The predicted molar refractivity (Wildman–Crippen MR) is 528 cm³/mol. The zero-order chi connectivity index (χ0) is 100. The van der Waals surface area contributed by atoms with E-state index in [2.05, 4.69) is 55.9 Å². The van der Waals surface area contributed by atoms with Gasteiger partial charge in [-0.1, -0.05) is 49.9 Å². The molecule has 20 rings (SSSR count). The van der Waals surface area contributed by atoms with Gasteiger partial charge in [0.25, 0.3) is 5.91 Å². The van der Waals surface area contributed by atoms with E-state index in [0.717, 1.165) is 140 Å². The van der Waals surface area contributed by atoms with E-state index in [1.165, 1.54) is 70.9 Å². The Balaban J connectivity index is 0.000000131. The second-order valence-corrected chi connectivity index (χ2v) is 33.6. The average Bonchev–Trinajstić information content (AvgIpc) is 1.61. The fraction of sp³-hybridized carbons (Fsp3) is 0.229. The quantitative estimate of drug-likeness (QED) is 0.0292. The number of likely N-dealkylation sites (tertiary alicyclic amines) is 4. The van der Waals surface area contributed by atoms with Crippen molar-refractivity contribution >= 4 is 45.7 Å². The van der Waals surface area contributed by atoms with Gasteiger partial charge in [0.05, 0.1) is 142 Å². The van der Waals surface area contributed by atoms with Crippen LogP contribution in [0.4, 0.5) is 17.6 Å². The molecule has 0 aliphatic carbocycles. The van der Waals surface area contributed by atoms with Crippen LogP contribution in [0.1, 0.15) is 104 Å². The van der Waals surface area contributed by atoms with Crippen molar-refractivity contribution < 1.29 is 84.1 Å². The van der Waals surface area contributed by atoms with Gasteiger partial charge in [0.15, 0.2) is 46.0 Å². The maximum atomic E-state index is 14.5. The first-order valence-electron chi connectivity index (χ1n) is 46.0. The molecule has 0 spiro atoms. The number of aromatic nitrogens is 12. The second-order valence-electron chi connectivity index (χ2n) is 33.6. The van der Waals surface area contributed by atoms with Crippen molar-refractivity contribution in [3.63, 3.8) is 0 Å². The van der Waals surface area contributed by atoms with E-state index >= 15 is 0 Å². The first-order chi connectivity index (χ1) is 69.6. The highest BCUT2D eigenvalue weighted by Gasteiger charge is 2.38. The molecule has 143 heavy (non-hydrogen) atoms. The van der Waals surface area contributed by atoms with E-state index in [9.17, 15) is 36.7 Å². The lowest BCUT2D eigenvalue weighted by Crippen LogP contribution is -2.30. The Morgan fingerprint density at radius 2 is 0.720 bits per heavy atom. The van der Waals surface area contributed by atoms with Crippen LogP contribution < -0.4 is 47.4 Å². The second kappa shape index (κ2) is 43.3. The van der Waals surface area contributed by atoms with E-state index in [1.807, 2.05) is 91.6 Å². The van der Waals surface area contributed by atoms with Gasteiger partial charge in [-0.15, -0.1) is 0 Å². The third kappa shape index (κ3) is 20.2. The van der Waals surface area contributed by atoms with Crippen LogP contribution in [0.3, 0.4) is 0 Å². The zero-order valence-electron chi connectivity index (χ0n) is 79.8. The average molecular weight is 1930 g/mol. The number of hydrogen-bond donors (Lipinski definition) is 0. The summed E-state index contributed by atoms with van der Waals surface area (Å²) in [5.41, 5.74) is 11.4. The molecule has 12 heterocycles. The topological polar surface area (TPSA) is 294 Å². The maximum Gasteiger partial charge on any atom is 0.298 e. The fourth-order valence-electron chi connectivity index (χ4n) is 18.1. The van der Waals surface area contributed by atoms with Gasteiger partial charge >= 0.3 is 0 Å². The predicted octanol–water partition coefficient (Wildman–Crippen LogP) is 20.5. The standard InChI is InChI=1S/C28H25FN4O4.C27H25FN4O4.2C27H25FN4O3/c1-4-6-24(34)32-14-13-19(17-32)28-31-27(21-15-30-16-25(36-3)33(21)28)18-9-11-20(12-10-18)37-23-8-5-7-22(35-2)26(23)29;1-4-23(33)31-13-12-18(16-31)27-30-26(20-14-29-15-24(35-3)32(20)27)17-8-10-19(11-9-17)36-22-7-5-6-21(34-2)25(22)28;1-4-24(33)31-14-6-7-20(31)27-30-26(21-15-29-17(2)16-32(21)27)18-10-12-19(13-11-18)35-23-9-5-8-22(34-3)25(23)28;1-4-24(33)31-14-6-7-20(31)27-30-26(21-16-29-15-17(2)32(21)27)18-10-12-19(13-11-18)35-23-9-5-8-22(34-3)25(23)28/h5,7-12,15-16,19H,13-14,17H2,1-3H3;4-11,14-15,18H,1,12-13,16H2,2-3H3;2*4-5,8-13,15-16,20H,1,6-7,14H2,2-3H3/t19-;18-;2*20-/m1100/s1. The zero-order valence-corrected chi connectivity index (χ0v) is 79.8. The molecular weight excluding hydrogens is 1830 g/mol. The molecule has 4 amide bonds. The van der Waals surface area contributed by atoms with Crippen LogP contribution in [0.2, 0.25) is 0 Å². The summed E-state index contributed by atoms with van der Waals surface area (Å²) >= 11 is 0. The minimum Gasteiger partial charge on any atom is -0.494 e. The third-order valence-corrected chi connectivity index (χ3v) is 25.1. The van der Waals surface area contributed by atoms with Crippen LogP contribution >= 0.6 is 0 Å². The summed E-state index contributed by atoms with van der Waals surface area (Å²) in [6.07, 6.45) is 23.1. The van der Waals surface area contributed by atoms with E-state index < -0.39 is 23.3 Å². The minimum absolute atomic E-state index is 0.0128. The molecule has 8 aromatic carbocycles. The van der Waals surface area contributed by atoms with Gasteiger partial charge in [-0.05, 0) is 229 Å². The summed E-state index contributed by atoms with van der Waals surface area (Å²) in [6.45, 7) is 20.1. The van der Waals surface area contributed by atoms with Gasteiger partial charge in [0.1, 0.15) is 46.3 Å². The normalized spacial score (nSPS) is 15.2. The van der Waals surface area contributed by atoms with Crippen molar-refractivity contribution in [2.45, 2.75) is 83.2 Å². The van der Waals surface area contributed by atoms with E-state index in [-0.39, 0.29) is 93.5 Å². The van der Waals surface area contributed by atoms with Crippen molar-refractivity contribution in [3.05, 3.63) is 315 Å². The van der Waals surface area contributed by atoms with Crippen LogP contribution in [0.5, 0.6) is 80.8 Å². The summed E-state index contributed by atoms with van der Waals surface area (Å²) in [4.78, 5) is 93.9. The number of methoxy groups -OCH3 is 6. The van der Waals surface area contributed by atoms with Crippen molar-refractivity contribution in [2.24, 2.45) is 0 Å². The molecule has 4 fully saturated rings. The van der Waals surface area contributed by atoms with Gasteiger partial charge in [-0.3, -0.25) is 56.7 Å². The first kappa shape index (κ1) is 97.3. The van der Waals surface area contributed by atoms with Gasteiger partial charge in [-0.2, -0.15) is 17.6 Å².